The Hall–Kier alpha value is -3.14. The second-order valence-corrected chi connectivity index (χ2v) is 6.44. The number of hydrogen-bond acceptors (Lipinski definition) is 3. The molecule has 0 unspecified atom stereocenters. The van der Waals surface area contributed by atoms with Crippen LogP contribution in [-0.4, -0.2) is 16.0 Å². The molecular weight excluding hydrogens is 312 g/mol. The Kier molecular flexibility index (Phi) is 4.28. The molecule has 0 saturated heterocycles. The Balaban J connectivity index is 1.97. The first-order chi connectivity index (χ1) is 11.9. The van der Waals surface area contributed by atoms with Crippen LogP contribution in [0.1, 0.15) is 25.1 Å². The molecule has 2 aromatic carbocycles. The standard InChI is InChI=1S/C21H20N2O2/c1-4-19(25)22-16-11-9-15(10-12-16)21(2,3)18-13-8-14-6-5-7-17(24)20(14)23-18/h4-13,24H,1H2,2-3H3,(H,22,25). The highest BCUT2D eigenvalue weighted by molar-refractivity contribution is 5.98. The zero-order chi connectivity index (χ0) is 18.0. The molecule has 2 N–H and O–H groups in total. The van der Waals surface area contributed by atoms with Gasteiger partial charge in [0.2, 0.25) is 5.91 Å². The van der Waals surface area contributed by atoms with Crippen LogP contribution in [0, 0.1) is 0 Å². The lowest BCUT2D eigenvalue weighted by atomic mass is 9.81. The van der Waals surface area contributed by atoms with E-state index < -0.39 is 0 Å². The van der Waals surface area contributed by atoms with Crippen molar-refractivity contribution in [3.05, 3.63) is 78.5 Å². The summed E-state index contributed by atoms with van der Waals surface area (Å²) in [5.74, 6) is -0.0590. The third-order valence-electron chi connectivity index (χ3n) is 4.40. The Morgan fingerprint density at radius 2 is 1.84 bits per heavy atom. The molecule has 3 aromatic rings. The zero-order valence-electron chi connectivity index (χ0n) is 14.3. The number of hydrogen-bond donors (Lipinski definition) is 2. The number of fused-ring (bicyclic) bond motifs is 1. The van der Waals surface area contributed by atoms with Gasteiger partial charge >= 0.3 is 0 Å². The Morgan fingerprint density at radius 1 is 1.12 bits per heavy atom. The van der Waals surface area contributed by atoms with Crippen molar-refractivity contribution in [3.8, 4) is 5.75 Å². The predicted molar refractivity (Wildman–Crippen MR) is 101 cm³/mol. The van der Waals surface area contributed by atoms with Crippen molar-refractivity contribution in [2.24, 2.45) is 0 Å². The highest BCUT2D eigenvalue weighted by atomic mass is 16.3. The van der Waals surface area contributed by atoms with Crippen molar-refractivity contribution < 1.29 is 9.90 Å². The van der Waals surface area contributed by atoms with E-state index in [2.05, 4.69) is 30.7 Å². The van der Waals surface area contributed by atoms with Gasteiger partial charge in [-0.25, -0.2) is 4.98 Å². The molecular formula is C21H20N2O2. The molecule has 0 bridgehead atoms. The number of nitrogens with one attached hydrogen (secondary N) is 1. The highest BCUT2D eigenvalue weighted by Crippen LogP contribution is 2.33. The smallest absolute Gasteiger partial charge is 0.247 e. The fourth-order valence-corrected chi connectivity index (χ4v) is 2.79. The van der Waals surface area contributed by atoms with Gasteiger partial charge in [-0.05, 0) is 35.9 Å². The molecule has 0 aliphatic rings. The van der Waals surface area contributed by atoms with Crippen molar-refractivity contribution in [2.75, 3.05) is 5.32 Å². The van der Waals surface area contributed by atoms with Crippen LogP contribution in [0.2, 0.25) is 0 Å². The Bertz CT molecular complexity index is 944. The third-order valence-corrected chi connectivity index (χ3v) is 4.40. The molecule has 0 atom stereocenters. The van der Waals surface area contributed by atoms with Crippen molar-refractivity contribution in [1.29, 1.82) is 0 Å². The first-order valence-electron chi connectivity index (χ1n) is 8.05. The number of aromatic hydroxyl groups is 1. The minimum Gasteiger partial charge on any atom is -0.506 e. The van der Waals surface area contributed by atoms with Crippen LogP contribution < -0.4 is 5.32 Å². The Labute approximate surface area is 146 Å². The normalized spacial score (nSPS) is 11.3. The maximum atomic E-state index is 11.4. The first kappa shape index (κ1) is 16.7. The topological polar surface area (TPSA) is 62.2 Å². The average Bonchev–Trinajstić information content (AvgIpc) is 2.62. The zero-order valence-corrected chi connectivity index (χ0v) is 14.3. The van der Waals surface area contributed by atoms with Gasteiger partial charge in [-0.2, -0.15) is 0 Å². The summed E-state index contributed by atoms with van der Waals surface area (Å²) in [6.07, 6.45) is 1.24. The van der Waals surface area contributed by atoms with Gasteiger partial charge in [-0.1, -0.05) is 50.8 Å². The van der Waals surface area contributed by atoms with Gasteiger partial charge in [0.25, 0.3) is 0 Å². The number of phenolic OH excluding ortho intramolecular Hbond substituents is 1. The fraction of sp³-hybridized carbons (Fsp3) is 0.143. The highest BCUT2D eigenvalue weighted by Gasteiger charge is 2.25. The molecule has 1 aromatic heterocycles. The molecule has 1 amide bonds. The number of benzene rings is 2. The fourth-order valence-electron chi connectivity index (χ4n) is 2.79. The van der Waals surface area contributed by atoms with Crippen LogP contribution in [-0.2, 0) is 10.2 Å². The summed E-state index contributed by atoms with van der Waals surface area (Å²) < 4.78 is 0. The number of aromatic nitrogens is 1. The maximum Gasteiger partial charge on any atom is 0.247 e. The van der Waals surface area contributed by atoms with E-state index in [-0.39, 0.29) is 17.1 Å². The minimum atomic E-state index is -0.350. The third kappa shape index (κ3) is 3.24. The van der Waals surface area contributed by atoms with Gasteiger partial charge in [-0.3, -0.25) is 4.79 Å². The lowest BCUT2D eigenvalue weighted by molar-refractivity contribution is -0.111. The molecule has 25 heavy (non-hydrogen) atoms. The summed E-state index contributed by atoms with van der Waals surface area (Å²) in [5.41, 5.74) is 2.89. The number of para-hydroxylation sites is 1. The van der Waals surface area contributed by atoms with Crippen LogP contribution in [0.15, 0.2) is 67.3 Å². The number of amides is 1. The lowest BCUT2D eigenvalue weighted by Crippen LogP contribution is -2.20. The van der Waals surface area contributed by atoms with Crippen molar-refractivity contribution in [1.82, 2.24) is 4.98 Å². The second-order valence-electron chi connectivity index (χ2n) is 6.44. The predicted octanol–water partition coefficient (Wildman–Crippen LogP) is 4.39. The number of nitrogens with zero attached hydrogens (tertiary/aromatic N) is 1. The molecule has 0 fully saturated rings. The molecule has 0 aliphatic heterocycles. The molecule has 0 aliphatic carbocycles. The molecule has 0 radical (unpaired) electrons. The van der Waals surface area contributed by atoms with Gasteiger partial charge < -0.3 is 10.4 Å². The van der Waals surface area contributed by atoms with Gasteiger partial charge in [0, 0.05) is 16.5 Å². The van der Waals surface area contributed by atoms with Gasteiger partial charge in [0.05, 0.1) is 5.69 Å². The van der Waals surface area contributed by atoms with E-state index in [9.17, 15) is 9.90 Å². The van der Waals surface area contributed by atoms with E-state index >= 15 is 0 Å². The average molecular weight is 332 g/mol. The molecule has 126 valence electrons. The Morgan fingerprint density at radius 3 is 2.52 bits per heavy atom. The van der Waals surface area contributed by atoms with E-state index in [0.29, 0.717) is 11.2 Å². The van der Waals surface area contributed by atoms with E-state index in [1.165, 1.54) is 6.08 Å². The lowest BCUT2D eigenvalue weighted by Gasteiger charge is -2.25. The summed E-state index contributed by atoms with van der Waals surface area (Å²) in [5, 5.41) is 13.7. The summed E-state index contributed by atoms with van der Waals surface area (Å²) in [7, 11) is 0. The molecule has 1 heterocycles. The molecule has 0 saturated carbocycles. The van der Waals surface area contributed by atoms with Gasteiger partial charge in [0.15, 0.2) is 0 Å². The van der Waals surface area contributed by atoms with Crippen LogP contribution in [0.3, 0.4) is 0 Å². The maximum absolute atomic E-state index is 11.4. The largest absolute Gasteiger partial charge is 0.506 e. The summed E-state index contributed by atoms with van der Waals surface area (Å²) >= 11 is 0. The van der Waals surface area contributed by atoms with Gasteiger partial charge in [-0.15, -0.1) is 0 Å². The van der Waals surface area contributed by atoms with Crippen LogP contribution in [0.5, 0.6) is 5.75 Å². The minimum absolute atomic E-state index is 0.178. The molecule has 0 spiro atoms. The monoisotopic (exact) mass is 332 g/mol. The van der Waals surface area contributed by atoms with Crippen LogP contribution >= 0.6 is 0 Å². The van der Waals surface area contributed by atoms with Crippen molar-refractivity contribution >= 4 is 22.5 Å². The summed E-state index contributed by atoms with van der Waals surface area (Å²) in [6, 6.07) is 17.0. The van der Waals surface area contributed by atoms with Crippen molar-refractivity contribution in [2.45, 2.75) is 19.3 Å². The quantitative estimate of drug-likeness (QED) is 0.697. The first-order valence-corrected chi connectivity index (χ1v) is 8.05. The SMILES string of the molecule is C=CC(=O)Nc1ccc(C(C)(C)c2ccc3cccc(O)c3n2)cc1. The van der Waals surface area contributed by atoms with Crippen LogP contribution in [0.4, 0.5) is 5.69 Å². The van der Waals surface area contributed by atoms with E-state index in [4.69, 9.17) is 0 Å². The van der Waals surface area contributed by atoms with E-state index in [1.807, 2.05) is 42.5 Å². The number of phenols is 1. The van der Waals surface area contributed by atoms with E-state index in [1.54, 1.807) is 12.1 Å². The molecule has 3 rings (SSSR count). The number of rotatable bonds is 4. The van der Waals surface area contributed by atoms with Crippen molar-refractivity contribution in [3.63, 3.8) is 0 Å². The number of pyridine rings is 1. The number of carbonyl (C=O) groups is 1. The number of anilines is 1. The van der Waals surface area contributed by atoms with E-state index in [0.717, 1.165) is 16.6 Å². The number of carbonyl (C=O) groups excluding carboxylic acids is 1. The molecule has 4 nitrogen and oxygen atoms in total. The second kappa shape index (κ2) is 6.40. The van der Waals surface area contributed by atoms with Crippen LogP contribution in [0.25, 0.3) is 10.9 Å². The molecule has 4 heteroatoms. The summed E-state index contributed by atoms with van der Waals surface area (Å²) in [4.78, 5) is 16.1. The van der Waals surface area contributed by atoms with Gasteiger partial charge in [0.1, 0.15) is 11.3 Å². The summed E-state index contributed by atoms with van der Waals surface area (Å²) in [6.45, 7) is 7.61.